The quantitative estimate of drug-likeness (QED) is 0.175. The van der Waals surface area contributed by atoms with Crippen LogP contribution in [0.5, 0.6) is 0 Å². The lowest BCUT2D eigenvalue weighted by Crippen LogP contribution is -2.78. The molecule has 0 aromatic rings. The molecule has 57 heavy (non-hydrogen) atoms. The van der Waals surface area contributed by atoms with Crippen molar-refractivity contribution in [1.29, 1.82) is 0 Å². The van der Waals surface area contributed by atoms with Gasteiger partial charge in [0.2, 0.25) is 0 Å². The van der Waals surface area contributed by atoms with Crippen LogP contribution in [-0.4, -0.2) is 132 Å². The van der Waals surface area contributed by atoms with E-state index in [1.165, 1.54) is 13.8 Å². The number of carbonyl (C=O) groups is 4. The van der Waals surface area contributed by atoms with Crippen molar-refractivity contribution in [3.63, 3.8) is 0 Å². The molecule has 0 aromatic carbocycles. The molecule has 5 N–H and O–H groups in total. The number of fused-ring (bicyclic) bond motifs is 5. The Morgan fingerprint density at radius 3 is 2.21 bits per heavy atom. The Hall–Kier alpha value is -2.27. The average molecular weight is 830 g/mol. The number of carboxylic acid groups (broad SMARTS) is 1. The summed E-state index contributed by atoms with van der Waals surface area (Å²) in [6.45, 7) is 16.3. The summed E-state index contributed by atoms with van der Waals surface area (Å²) in [5, 5.41) is 60.3. The Bertz CT molecular complexity index is 1630. The molecule has 324 valence electrons. The zero-order chi connectivity index (χ0) is 41.3. The summed E-state index contributed by atoms with van der Waals surface area (Å²) >= 11 is 0. The molecule has 0 aromatic heterocycles. The number of halogens is 1. The molecule has 4 aliphatic carbocycles. The minimum atomic E-state index is -2.20. The summed E-state index contributed by atoms with van der Waals surface area (Å²) in [5.41, 5.74) is -9.44. The van der Waals surface area contributed by atoms with Crippen molar-refractivity contribution < 1.29 is 68.4 Å². The van der Waals surface area contributed by atoms with Gasteiger partial charge in [0.25, 0.3) is 0 Å². The standard InChI is InChI=1S/C41H63NO14.ClH/c1-10-20(4)33(45)55-32-27(44)26-22(18-42-17-19(3)12-13-24(42)38(26,8)50)23-16-40-31(41(23,32)51)29(52-21(5)43)28(54-35(47)48)30-36(40,6)15-14-25(39(30,9)56-40)53-34(46)37(7,49)11-2;/h19-20,22-32,44,49-51H,10-18H2,1-9H3,(H,47,48);1H/t19-,20?,22?,23?,24-,25-,26?,27+,28-,29+,30?,31?,32-,36-,37?,38+,39+,40+,41-;/m0./s1. The maximum absolute atomic E-state index is 13.9. The van der Waals surface area contributed by atoms with Gasteiger partial charge in [0.1, 0.15) is 29.5 Å². The molecule has 16 heteroatoms. The molecule has 7 unspecified atom stereocenters. The van der Waals surface area contributed by atoms with Gasteiger partial charge in [-0.05, 0) is 83.5 Å². The highest BCUT2D eigenvalue weighted by molar-refractivity contribution is 5.85. The molecular weight excluding hydrogens is 766 g/mol. The molecule has 7 fully saturated rings. The van der Waals surface area contributed by atoms with Crippen molar-refractivity contribution in [3.05, 3.63) is 0 Å². The van der Waals surface area contributed by atoms with Gasteiger partial charge in [-0.25, -0.2) is 9.59 Å². The van der Waals surface area contributed by atoms with E-state index in [9.17, 15) is 44.7 Å². The smallest absolute Gasteiger partial charge is 0.458 e. The number of esters is 3. The number of piperidine rings is 2. The predicted octanol–water partition coefficient (Wildman–Crippen LogP) is 3.23. The van der Waals surface area contributed by atoms with Crippen LogP contribution in [0.3, 0.4) is 0 Å². The zero-order valence-electron chi connectivity index (χ0n) is 34.6. The van der Waals surface area contributed by atoms with E-state index in [0.717, 1.165) is 6.42 Å². The Labute approximate surface area is 340 Å². The summed E-state index contributed by atoms with van der Waals surface area (Å²) in [4.78, 5) is 55.3. The van der Waals surface area contributed by atoms with Crippen LogP contribution < -0.4 is 0 Å². The fourth-order valence-electron chi connectivity index (χ4n) is 13.5. The largest absolute Gasteiger partial charge is 0.506 e. The second-order valence-electron chi connectivity index (χ2n) is 19.5. The van der Waals surface area contributed by atoms with E-state index >= 15 is 0 Å². The van der Waals surface area contributed by atoms with Gasteiger partial charge in [-0.1, -0.05) is 34.6 Å². The molecule has 15 nitrogen and oxygen atoms in total. The van der Waals surface area contributed by atoms with Gasteiger partial charge in [0.15, 0.2) is 11.7 Å². The van der Waals surface area contributed by atoms with E-state index in [0.29, 0.717) is 38.3 Å². The van der Waals surface area contributed by atoms with E-state index in [-0.39, 0.29) is 37.7 Å². The zero-order valence-corrected chi connectivity index (χ0v) is 35.5. The number of carbonyl (C=O) groups excluding carboxylic acids is 3. The number of aliphatic hydroxyl groups excluding tert-OH is 1. The summed E-state index contributed by atoms with van der Waals surface area (Å²) in [6.07, 6.45) is -6.15. The van der Waals surface area contributed by atoms with Gasteiger partial charge < -0.3 is 49.2 Å². The minimum Gasteiger partial charge on any atom is -0.458 e. The van der Waals surface area contributed by atoms with Crippen molar-refractivity contribution in [2.75, 3.05) is 13.1 Å². The van der Waals surface area contributed by atoms with Gasteiger partial charge >= 0.3 is 24.1 Å². The van der Waals surface area contributed by atoms with Crippen molar-refractivity contribution >= 4 is 36.5 Å². The van der Waals surface area contributed by atoms with Crippen LogP contribution in [0.15, 0.2) is 0 Å². The van der Waals surface area contributed by atoms with Crippen LogP contribution >= 0.6 is 12.4 Å². The van der Waals surface area contributed by atoms with Crippen LogP contribution in [0.1, 0.15) is 107 Å². The van der Waals surface area contributed by atoms with Crippen molar-refractivity contribution in [2.24, 2.45) is 46.8 Å². The van der Waals surface area contributed by atoms with Crippen molar-refractivity contribution in [3.8, 4) is 0 Å². The molecular formula is C41H64ClNO14. The molecule has 19 atom stereocenters. The summed E-state index contributed by atoms with van der Waals surface area (Å²) in [6, 6.07) is -0.297. The van der Waals surface area contributed by atoms with Crippen molar-refractivity contribution in [2.45, 2.75) is 172 Å². The van der Waals surface area contributed by atoms with Crippen LogP contribution in [0.2, 0.25) is 0 Å². The first-order valence-corrected chi connectivity index (χ1v) is 20.7. The number of hydrogen-bond acceptors (Lipinski definition) is 14. The number of nitrogens with zero attached hydrogens (tertiary/aromatic N) is 1. The first-order valence-electron chi connectivity index (χ1n) is 20.7. The highest BCUT2D eigenvalue weighted by atomic mass is 35.5. The topological polar surface area (TPSA) is 219 Å². The van der Waals surface area contributed by atoms with Crippen LogP contribution in [0.25, 0.3) is 0 Å². The maximum atomic E-state index is 13.9. The van der Waals surface area contributed by atoms with Gasteiger partial charge in [0.05, 0.1) is 29.1 Å². The Balaban J connectivity index is 0.00000549. The lowest BCUT2D eigenvalue weighted by atomic mass is 9.47. The third kappa shape index (κ3) is 6.08. The number of aliphatic hydroxyl groups is 4. The molecule has 7 aliphatic rings. The Morgan fingerprint density at radius 1 is 0.965 bits per heavy atom. The Kier molecular flexibility index (Phi) is 11.2. The van der Waals surface area contributed by atoms with E-state index in [1.807, 2.05) is 13.8 Å². The molecule has 7 rings (SSSR count). The van der Waals surface area contributed by atoms with Crippen molar-refractivity contribution in [1.82, 2.24) is 4.90 Å². The molecule has 3 aliphatic heterocycles. The highest BCUT2D eigenvalue weighted by Gasteiger charge is 2.89. The van der Waals surface area contributed by atoms with E-state index in [2.05, 4.69) is 11.8 Å². The minimum absolute atomic E-state index is 0. The lowest BCUT2D eigenvalue weighted by molar-refractivity contribution is -0.300. The summed E-state index contributed by atoms with van der Waals surface area (Å²) < 4.78 is 31.5. The number of hydrogen-bond donors (Lipinski definition) is 5. The predicted molar refractivity (Wildman–Crippen MR) is 203 cm³/mol. The van der Waals surface area contributed by atoms with Crippen LogP contribution in [-0.2, 0) is 38.1 Å². The first kappa shape index (κ1) is 44.3. The van der Waals surface area contributed by atoms with Gasteiger partial charge in [-0.15, -0.1) is 12.4 Å². The molecule has 3 heterocycles. The molecule has 0 amide bonds. The van der Waals surface area contributed by atoms with E-state index in [1.54, 1.807) is 27.7 Å². The van der Waals surface area contributed by atoms with Gasteiger partial charge in [0, 0.05) is 43.3 Å². The summed E-state index contributed by atoms with van der Waals surface area (Å²) in [7, 11) is 0. The average Bonchev–Trinajstić information content (AvgIpc) is 3.40. The normalized spacial score (nSPS) is 49.6. The van der Waals surface area contributed by atoms with Gasteiger partial charge in [-0.3, -0.25) is 14.5 Å². The third-order valence-corrected chi connectivity index (χ3v) is 16.3. The van der Waals surface area contributed by atoms with Crippen LogP contribution in [0, 0.1) is 46.8 Å². The monoisotopic (exact) mass is 829 g/mol. The molecule has 1 spiro atoms. The van der Waals surface area contributed by atoms with Crippen LogP contribution in [0.4, 0.5) is 4.79 Å². The van der Waals surface area contributed by atoms with E-state index in [4.69, 9.17) is 23.7 Å². The Morgan fingerprint density at radius 2 is 1.61 bits per heavy atom. The first-order chi connectivity index (χ1) is 26.0. The van der Waals surface area contributed by atoms with E-state index < -0.39 is 124 Å². The number of ether oxygens (including phenoxy) is 5. The second-order valence-corrected chi connectivity index (χ2v) is 19.5. The fraction of sp³-hybridized carbons (Fsp3) is 0.902. The van der Waals surface area contributed by atoms with Gasteiger partial charge in [-0.2, -0.15) is 0 Å². The second kappa shape index (κ2) is 14.4. The molecule has 0 radical (unpaired) electrons. The molecule has 3 saturated heterocycles. The molecule has 4 saturated carbocycles. The highest BCUT2D eigenvalue weighted by Crippen LogP contribution is 2.78. The lowest BCUT2D eigenvalue weighted by Gasteiger charge is -2.64. The maximum Gasteiger partial charge on any atom is 0.506 e. The summed E-state index contributed by atoms with van der Waals surface area (Å²) in [5.74, 6) is -7.07. The fourth-order valence-corrected chi connectivity index (χ4v) is 13.5. The SMILES string of the molecule is CCC(C)C(=O)O[C@H]1[C@H](O)C2C(CN3C[C@@H](C)CC[C@H]3[C@@]2(C)O)C2C[C@@]34O[C@@]5(C)C([C@@H](OC(=O)O)[C@@H](OC(C)=O)C3[C@@]21O)[C@]4(C)CC[C@@H]5OC(=O)C(C)(O)CC.Cl. The molecule has 4 bridgehead atoms. The number of rotatable bonds is 8. The third-order valence-electron chi connectivity index (χ3n) is 16.3.